The highest BCUT2D eigenvalue weighted by atomic mass is 16.5. The van der Waals surface area contributed by atoms with Crippen molar-refractivity contribution in [3.63, 3.8) is 0 Å². The lowest BCUT2D eigenvalue weighted by molar-refractivity contribution is -0.158. The molecule has 1 aromatic carbocycles. The molecule has 28 heavy (non-hydrogen) atoms. The van der Waals surface area contributed by atoms with E-state index < -0.39 is 24.0 Å². The maximum atomic E-state index is 12.3. The van der Waals surface area contributed by atoms with Crippen molar-refractivity contribution < 1.29 is 23.9 Å². The number of hydrogen-bond donors (Lipinski definition) is 1. The lowest BCUT2D eigenvalue weighted by Gasteiger charge is -2.18. The van der Waals surface area contributed by atoms with Crippen LogP contribution in [0.1, 0.15) is 31.7 Å². The van der Waals surface area contributed by atoms with Gasteiger partial charge in [-0.15, -0.1) is 0 Å². The quantitative estimate of drug-likeness (QED) is 0.731. The van der Waals surface area contributed by atoms with Crippen LogP contribution in [0.3, 0.4) is 0 Å². The van der Waals surface area contributed by atoms with Crippen LogP contribution in [0.15, 0.2) is 35.4 Å². The topological polar surface area (TPSA) is 108 Å². The molecule has 148 valence electrons. The number of benzene rings is 1. The summed E-state index contributed by atoms with van der Waals surface area (Å²) >= 11 is 0. The maximum absolute atomic E-state index is 12.3. The zero-order chi connectivity index (χ0) is 20.1. The highest BCUT2D eigenvalue weighted by Crippen LogP contribution is 2.15. The number of urea groups is 1. The SMILES string of the molecule is C[C@@H](OC(=O)CCC(=O)N1CCC(c2ccccc2)=N1)C(=O)N1CCNC1=O. The predicted molar refractivity (Wildman–Crippen MR) is 99.2 cm³/mol. The van der Waals surface area contributed by atoms with Gasteiger partial charge >= 0.3 is 12.0 Å². The first-order valence-corrected chi connectivity index (χ1v) is 9.17. The first kappa shape index (κ1) is 19.5. The lowest BCUT2D eigenvalue weighted by atomic mass is 10.1. The fourth-order valence-electron chi connectivity index (χ4n) is 3.02. The number of ether oxygens (including phenoxy) is 1. The zero-order valence-corrected chi connectivity index (χ0v) is 15.6. The number of hydrogen-bond acceptors (Lipinski definition) is 6. The molecule has 0 radical (unpaired) electrons. The van der Waals surface area contributed by atoms with Crippen LogP contribution in [0, 0.1) is 0 Å². The number of carbonyl (C=O) groups is 4. The van der Waals surface area contributed by atoms with Crippen LogP contribution in [0.25, 0.3) is 0 Å². The average molecular weight is 386 g/mol. The monoisotopic (exact) mass is 386 g/mol. The Morgan fingerprint density at radius 2 is 1.93 bits per heavy atom. The van der Waals surface area contributed by atoms with Gasteiger partial charge in [-0.3, -0.25) is 19.3 Å². The van der Waals surface area contributed by atoms with Crippen molar-refractivity contribution in [2.75, 3.05) is 19.6 Å². The number of rotatable bonds is 6. The van der Waals surface area contributed by atoms with Gasteiger partial charge < -0.3 is 10.1 Å². The summed E-state index contributed by atoms with van der Waals surface area (Å²) in [6.07, 6.45) is -0.643. The minimum atomic E-state index is -1.08. The average Bonchev–Trinajstić information content (AvgIpc) is 3.35. The van der Waals surface area contributed by atoms with Crippen molar-refractivity contribution in [1.29, 1.82) is 0 Å². The highest BCUT2D eigenvalue weighted by Gasteiger charge is 2.31. The molecular weight excluding hydrogens is 364 g/mol. The molecule has 3 rings (SSSR count). The molecule has 2 heterocycles. The molecule has 0 unspecified atom stereocenters. The largest absolute Gasteiger partial charge is 0.453 e. The molecule has 2 aliphatic rings. The normalized spacial score (nSPS) is 17.2. The molecule has 1 saturated heterocycles. The Morgan fingerprint density at radius 3 is 2.61 bits per heavy atom. The van der Waals surface area contributed by atoms with Gasteiger partial charge in [-0.25, -0.2) is 9.80 Å². The summed E-state index contributed by atoms with van der Waals surface area (Å²) in [5.74, 6) is -1.52. The summed E-state index contributed by atoms with van der Waals surface area (Å²) in [5, 5.41) is 8.20. The summed E-state index contributed by atoms with van der Waals surface area (Å²) in [6.45, 7) is 2.50. The molecule has 0 aliphatic carbocycles. The van der Waals surface area contributed by atoms with Gasteiger partial charge in [0.05, 0.1) is 18.7 Å². The fourth-order valence-corrected chi connectivity index (χ4v) is 3.02. The van der Waals surface area contributed by atoms with Crippen molar-refractivity contribution in [2.24, 2.45) is 5.10 Å². The molecule has 4 amide bonds. The summed E-state index contributed by atoms with van der Waals surface area (Å²) in [7, 11) is 0. The Kier molecular flexibility index (Phi) is 6.03. The number of nitrogens with one attached hydrogen (secondary N) is 1. The van der Waals surface area contributed by atoms with Gasteiger partial charge in [0.15, 0.2) is 6.10 Å². The van der Waals surface area contributed by atoms with Gasteiger partial charge in [-0.05, 0) is 12.5 Å². The first-order valence-electron chi connectivity index (χ1n) is 9.17. The number of hydrazone groups is 1. The van der Waals surface area contributed by atoms with E-state index >= 15 is 0 Å². The summed E-state index contributed by atoms with van der Waals surface area (Å²) in [6, 6.07) is 9.10. The van der Waals surface area contributed by atoms with Crippen LogP contribution >= 0.6 is 0 Å². The molecule has 1 atom stereocenters. The van der Waals surface area contributed by atoms with E-state index in [1.807, 2.05) is 30.3 Å². The van der Waals surface area contributed by atoms with E-state index in [2.05, 4.69) is 10.4 Å². The molecule has 1 fully saturated rings. The zero-order valence-electron chi connectivity index (χ0n) is 15.6. The van der Waals surface area contributed by atoms with E-state index in [1.54, 1.807) is 0 Å². The third-order valence-corrected chi connectivity index (χ3v) is 4.52. The van der Waals surface area contributed by atoms with Gasteiger partial charge in [-0.2, -0.15) is 5.10 Å². The molecule has 0 bridgehead atoms. The van der Waals surface area contributed by atoms with E-state index in [0.29, 0.717) is 19.5 Å². The maximum Gasteiger partial charge on any atom is 0.324 e. The summed E-state index contributed by atoms with van der Waals surface area (Å²) < 4.78 is 5.06. The predicted octanol–water partition coefficient (Wildman–Crippen LogP) is 0.887. The van der Waals surface area contributed by atoms with Gasteiger partial charge in [0.2, 0.25) is 5.91 Å². The van der Waals surface area contributed by atoms with E-state index in [9.17, 15) is 19.2 Å². The molecule has 9 nitrogen and oxygen atoms in total. The number of amides is 4. The van der Waals surface area contributed by atoms with Crippen molar-refractivity contribution in [3.05, 3.63) is 35.9 Å². The van der Waals surface area contributed by atoms with Gasteiger partial charge in [0, 0.05) is 25.9 Å². The summed E-state index contributed by atoms with van der Waals surface area (Å²) in [5.41, 5.74) is 1.80. The highest BCUT2D eigenvalue weighted by molar-refractivity contribution is 6.02. The van der Waals surface area contributed by atoms with E-state index in [1.165, 1.54) is 11.9 Å². The molecule has 0 aromatic heterocycles. The van der Waals surface area contributed by atoms with Crippen LogP contribution in [-0.2, 0) is 19.1 Å². The molecule has 1 N–H and O–H groups in total. The van der Waals surface area contributed by atoms with Crippen LogP contribution < -0.4 is 5.32 Å². The Hall–Kier alpha value is -3.23. The van der Waals surface area contributed by atoms with Gasteiger partial charge in [0.25, 0.3) is 5.91 Å². The lowest BCUT2D eigenvalue weighted by Crippen LogP contribution is -2.41. The smallest absolute Gasteiger partial charge is 0.324 e. The van der Waals surface area contributed by atoms with Gasteiger partial charge in [0.1, 0.15) is 0 Å². The number of imide groups is 1. The van der Waals surface area contributed by atoms with Crippen molar-refractivity contribution in [2.45, 2.75) is 32.3 Å². The Bertz CT molecular complexity index is 808. The van der Waals surface area contributed by atoms with Crippen LogP contribution in [0.4, 0.5) is 4.79 Å². The van der Waals surface area contributed by atoms with Crippen LogP contribution in [0.5, 0.6) is 0 Å². The van der Waals surface area contributed by atoms with Crippen LogP contribution in [0.2, 0.25) is 0 Å². The third-order valence-electron chi connectivity index (χ3n) is 4.52. The molecule has 0 spiro atoms. The fraction of sp³-hybridized carbons (Fsp3) is 0.421. The Morgan fingerprint density at radius 1 is 1.18 bits per heavy atom. The Balaban J connectivity index is 1.45. The van der Waals surface area contributed by atoms with E-state index in [4.69, 9.17) is 4.74 Å². The van der Waals surface area contributed by atoms with Crippen molar-refractivity contribution >= 4 is 29.5 Å². The van der Waals surface area contributed by atoms with E-state index in [0.717, 1.165) is 16.2 Å². The second kappa shape index (κ2) is 8.64. The van der Waals surface area contributed by atoms with Crippen LogP contribution in [-0.4, -0.2) is 65.2 Å². The molecule has 1 aromatic rings. The van der Waals surface area contributed by atoms with Crippen molar-refractivity contribution in [3.8, 4) is 0 Å². The number of carbonyl (C=O) groups excluding carboxylic acids is 4. The summed E-state index contributed by atoms with van der Waals surface area (Å²) in [4.78, 5) is 48.8. The molecule has 9 heteroatoms. The first-order chi connectivity index (χ1) is 13.5. The second-order valence-corrected chi connectivity index (χ2v) is 6.53. The molecule has 2 aliphatic heterocycles. The number of nitrogens with zero attached hydrogens (tertiary/aromatic N) is 3. The van der Waals surface area contributed by atoms with E-state index in [-0.39, 0.29) is 25.3 Å². The van der Waals surface area contributed by atoms with Gasteiger partial charge in [-0.1, -0.05) is 30.3 Å². The molecular formula is C19H22N4O5. The van der Waals surface area contributed by atoms with Crippen molar-refractivity contribution in [1.82, 2.24) is 15.2 Å². The Labute approximate surface area is 162 Å². The third kappa shape index (κ3) is 4.54. The molecule has 0 saturated carbocycles. The standard InChI is InChI=1S/C19H22N4O5/c1-13(18(26)22-12-10-20-19(22)27)28-17(25)8-7-16(24)23-11-9-15(21-23)14-5-3-2-4-6-14/h2-6,13H,7-12H2,1H3,(H,20,27)/t13-/m1/s1. The minimum Gasteiger partial charge on any atom is -0.453 e. The minimum absolute atomic E-state index is 0.0600. The second-order valence-electron chi connectivity index (χ2n) is 6.53. The number of esters is 1.